The monoisotopic (exact) mass is 486 g/mol. The molecular formula is C28H30N4O4. The normalized spacial score (nSPS) is 14.7. The van der Waals surface area contributed by atoms with Gasteiger partial charge in [0.25, 0.3) is 11.8 Å². The van der Waals surface area contributed by atoms with E-state index in [0.717, 1.165) is 24.3 Å². The first kappa shape index (κ1) is 23.8. The van der Waals surface area contributed by atoms with Gasteiger partial charge in [-0.25, -0.2) is 9.97 Å². The summed E-state index contributed by atoms with van der Waals surface area (Å²) in [5.41, 5.74) is 2.73. The Bertz CT molecular complexity index is 1080. The summed E-state index contributed by atoms with van der Waals surface area (Å²) in [6, 6.07) is 14.0. The van der Waals surface area contributed by atoms with Crippen LogP contribution in [-0.4, -0.2) is 35.0 Å². The number of aromatic nitrogens is 2. The van der Waals surface area contributed by atoms with Crippen LogP contribution in [0.15, 0.2) is 60.9 Å². The molecule has 2 aliphatic rings. The topological polar surface area (TPSA) is 102 Å². The lowest BCUT2D eigenvalue weighted by Crippen LogP contribution is -2.24. The first-order valence-electron chi connectivity index (χ1n) is 12.4. The molecule has 0 unspecified atom stereocenters. The van der Waals surface area contributed by atoms with Crippen LogP contribution in [0.1, 0.15) is 57.5 Å². The number of nitrogens with one attached hydrogen (secondary N) is 2. The number of amides is 2. The predicted molar refractivity (Wildman–Crippen MR) is 134 cm³/mol. The fourth-order valence-corrected chi connectivity index (χ4v) is 3.52. The van der Waals surface area contributed by atoms with Crippen LogP contribution in [0, 0.1) is 11.8 Å². The zero-order valence-corrected chi connectivity index (χ0v) is 20.1. The minimum absolute atomic E-state index is 0.217. The van der Waals surface area contributed by atoms with Crippen LogP contribution < -0.4 is 20.1 Å². The molecule has 8 heteroatoms. The molecule has 0 aliphatic heterocycles. The van der Waals surface area contributed by atoms with Gasteiger partial charge in [-0.15, -0.1) is 0 Å². The van der Waals surface area contributed by atoms with Crippen LogP contribution in [-0.2, 0) is 13.1 Å². The minimum Gasteiger partial charge on any atom is -0.477 e. The molecule has 186 valence electrons. The number of carbonyl (C=O) groups is 2. The second-order valence-electron chi connectivity index (χ2n) is 9.46. The molecule has 2 amide bonds. The van der Waals surface area contributed by atoms with Crippen molar-refractivity contribution in [1.82, 2.24) is 20.6 Å². The van der Waals surface area contributed by atoms with Crippen molar-refractivity contribution in [2.45, 2.75) is 38.8 Å². The maximum Gasteiger partial charge on any atom is 0.251 e. The lowest BCUT2D eigenvalue weighted by atomic mass is 10.1. The van der Waals surface area contributed by atoms with Gasteiger partial charge in [-0.3, -0.25) is 9.59 Å². The third kappa shape index (κ3) is 7.04. The standard InChI is InChI=1S/C28H30N4O4/c33-27(31-15-21-5-11-25(29-13-21)35-17-19-1-2-19)23-7-9-24(10-8-23)28(34)32-16-22-6-12-26(30-14-22)36-18-20-3-4-20/h5-14,19-20H,1-4,15-18H2,(H,31,33)(H,32,34). The molecule has 2 N–H and O–H groups in total. The highest BCUT2D eigenvalue weighted by Crippen LogP contribution is 2.29. The van der Waals surface area contributed by atoms with Crippen molar-refractivity contribution < 1.29 is 19.1 Å². The van der Waals surface area contributed by atoms with Crippen LogP contribution in [0.25, 0.3) is 0 Å². The van der Waals surface area contributed by atoms with Gasteiger partial charge >= 0.3 is 0 Å². The van der Waals surface area contributed by atoms with Gasteiger partial charge in [0.2, 0.25) is 11.8 Å². The summed E-state index contributed by atoms with van der Waals surface area (Å²) in [4.78, 5) is 33.6. The van der Waals surface area contributed by atoms with Crippen molar-refractivity contribution in [3.63, 3.8) is 0 Å². The van der Waals surface area contributed by atoms with Crippen LogP contribution in [0.4, 0.5) is 0 Å². The molecule has 5 rings (SSSR count). The molecular weight excluding hydrogens is 456 g/mol. The van der Waals surface area contributed by atoms with Gasteiger partial charge in [0.1, 0.15) is 0 Å². The van der Waals surface area contributed by atoms with E-state index in [1.54, 1.807) is 36.7 Å². The van der Waals surface area contributed by atoms with Crippen molar-refractivity contribution in [3.05, 3.63) is 83.2 Å². The first-order chi connectivity index (χ1) is 17.6. The second-order valence-corrected chi connectivity index (χ2v) is 9.46. The van der Waals surface area contributed by atoms with Crippen molar-refractivity contribution in [1.29, 1.82) is 0 Å². The van der Waals surface area contributed by atoms with E-state index in [9.17, 15) is 9.59 Å². The summed E-state index contributed by atoms with van der Waals surface area (Å²) >= 11 is 0. The lowest BCUT2D eigenvalue weighted by molar-refractivity contribution is 0.0939. The number of rotatable bonds is 12. The summed E-state index contributed by atoms with van der Waals surface area (Å²) in [7, 11) is 0. The quantitative estimate of drug-likeness (QED) is 0.402. The number of pyridine rings is 2. The van der Waals surface area contributed by atoms with Crippen molar-refractivity contribution in [3.8, 4) is 11.8 Å². The molecule has 36 heavy (non-hydrogen) atoms. The van der Waals surface area contributed by atoms with Crippen LogP contribution in [0.2, 0.25) is 0 Å². The Morgan fingerprint density at radius 2 is 1.08 bits per heavy atom. The number of carbonyl (C=O) groups excluding carboxylic acids is 2. The molecule has 2 aliphatic carbocycles. The average molecular weight is 487 g/mol. The van der Waals surface area contributed by atoms with E-state index in [4.69, 9.17) is 9.47 Å². The van der Waals surface area contributed by atoms with Gasteiger partial charge in [-0.05, 0) is 72.9 Å². The first-order valence-corrected chi connectivity index (χ1v) is 12.4. The molecule has 0 radical (unpaired) electrons. The maximum atomic E-state index is 12.5. The third-order valence-electron chi connectivity index (χ3n) is 6.24. The van der Waals surface area contributed by atoms with E-state index < -0.39 is 0 Å². The van der Waals surface area contributed by atoms with Crippen LogP contribution >= 0.6 is 0 Å². The molecule has 2 saturated carbocycles. The van der Waals surface area contributed by atoms with Gasteiger partial charge in [0.05, 0.1) is 13.2 Å². The smallest absolute Gasteiger partial charge is 0.251 e. The van der Waals surface area contributed by atoms with Crippen LogP contribution in [0.5, 0.6) is 11.8 Å². The molecule has 0 saturated heterocycles. The number of hydrogen-bond donors (Lipinski definition) is 2. The summed E-state index contributed by atoms with van der Waals surface area (Å²) in [6.45, 7) is 2.15. The van der Waals surface area contributed by atoms with Gasteiger partial charge < -0.3 is 20.1 Å². The Hall–Kier alpha value is -3.94. The Morgan fingerprint density at radius 1 is 0.667 bits per heavy atom. The van der Waals surface area contributed by atoms with E-state index in [0.29, 0.717) is 47.8 Å². The summed E-state index contributed by atoms with van der Waals surface area (Å²) < 4.78 is 11.3. The van der Waals surface area contributed by atoms with Gasteiger partial charge in [-0.1, -0.05) is 12.1 Å². The summed E-state index contributed by atoms with van der Waals surface area (Å²) in [6.07, 6.45) is 8.35. The number of benzene rings is 1. The number of hydrogen-bond acceptors (Lipinski definition) is 6. The molecule has 1 aromatic carbocycles. The molecule has 0 spiro atoms. The Morgan fingerprint density at radius 3 is 1.42 bits per heavy atom. The predicted octanol–water partition coefficient (Wildman–Crippen LogP) is 3.91. The molecule has 0 atom stereocenters. The zero-order chi connectivity index (χ0) is 24.7. The fourth-order valence-electron chi connectivity index (χ4n) is 3.52. The van der Waals surface area contributed by atoms with E-state index in [2.05, 4.69) is 20.6 Å². The SMILES string of the molecule is O=C(NCc1ccc(OCC2CC2)nc1)c1ccc(C(=O)NCc2ccc(OCC3CC3)nc2)cc1. The average Bonchev–Trinajstić information content (AvgIpc) is 3.85. The molecule has 2 fully saturated rings. The van der Waals surface area contributed by atoms with E-state index in [1.807, 2.05) is 24.3 Å². The Labute approximate surface area is 210 Å². The Kier molecular flexibility index (Phi) is 7.40. The highest BCUT2D eigenvalue weighted by atomic mass is 16.5. The number of ether oxygens (including phenoxy) is 2. The minimum atomic E-state index is -0.217. The van der Waals surface area contributed by atoms with Gasteiger partial charge in [0.15, 0.2) is 0 Å². The van der Waals surface area contributed by atoms with Crippen LogP contribution in [0.3, 0.4) is 0 Å². The van der Waals surface area contributed by atoms with Crippen molar-refractivity contribution in [2.24, 2.45) is 11.8 Å². The van der Waals surface area contributed by atoms with E-state index in [1.165, 1.54) is 25.7 Å². The third-order valence-corrected chi connectivity index (χ3v) is 6.24. The van der Waals surface area contributed by atoms with Crippen molar-refractivity contribution >= 4 is 11.8 Å². The fraction of sp³-hybridized carbons (Fsp3) is 0.357. The maximum absolute atomic E-state index is 12.5. The lowest BCUT2D eigenvalue weighted by Gasteiger charge is -2.09. The summed E-state index contributed by atoms with van der Waals surface area (Å²) in [5.74, 6) is 2.13. The molecule has 2 heterocycles. The summed E-state index contributed by atoms with van der Waals surface area (Å²) in [5, 5.41) is 5.75. The molecule has 0 bridgehead atoms. The van der Waals surface area contributed by atoms with E-state index >= 15 is 0 Å². The van der Waals surface area contributed by atoms with Gasteiger partial charge in [-0.2, -0.15) is 0 Å². The van der Waals surface area contributed by atoms with E-state index in [-0.39, 0.29) is 11.8 Å². The zero-order valence-electron chi connectivity index (χ0n) is 20.1. The van der Waals surface area contributed by atoms with Crippen molar-refractivity contribution in [2.75, 3.05) is 13.2 Å². The largest absolute Gasteiger partial charge is 0.477 e. The Balaban J connectivity index is 1.05. The van der Waals surface area contributed by atoms with Gasteiger partial charge in [0, 0.05) is 48.7 Å². The molecule has 2 aromatic heterocycles. The number of nitrogens with zero attached hydrogens (tertiary/aromatic N) is 2. The highest BCUT2D eigenvalue weighted by molar-refractivity contribution is 5.97. The highest BCUT2D eigenvalue weighted by Gasteiger charge is 2.22. The molecule has 3 aromatic rings. The molecule has 8 nitrogen and oxygen atoms in total. The second kappa shape index (κ2) is 11.2.